The van der Waals surface area contributed by atoms with E-state index < -0.39 is 17.4 Å². The minimum atomic E-state index is -0.962. The molecule has 1 aromatic heterocycles. The fraction of sp³-hybridized carbons (Fsp3) is 0.520. The highest BCUT2D eigenvalue weighted by Gasteiger charge is 2.40. The molecule has 1 aromatic carbocycles. The fourth-order valence-electron chi connectivity index (χ4n) is 4.66. The van der Waals surface area contributed by atoms with Crippen molar-refractivity contribution in [2.75, 3.05) is 32.1 Å². The van der Waals surface area contributed by atoms with Crippen LogP contribution in [0.3, 0.4) is 0 Å². The predicted octanol–water partition coefficient (Wildman–Crippen LogP) is 3.66. The highest BCUT2D eigenvalue weighted by molar-refractivity contribution is 7.23. The largest absolute Gasteiger partial charge is 0.495 e. The molecular weight excluding hydrogens is 484 g/mol. The molecule has 0 unspecified atom stereocenters. The van der Waals surface area contributed by atoms with Crippen LogP contribution in [0, 0.1) is 5.41 Å². The summed E-state index contributed by atoms with van der Waals surface area (Å²) in [5.74, 6) is -0.797. The van der Waals surface area contributed by atoms with Crippen LogP contribution in [0.2, 0.25) is 0 Å². The second-order valence-electron chi connectivity index (χ2n) is 9.39. The van der Waals surface area contributed by atoms with Gasteiger partial charge in [0.25, 0.3) is 5.91 Å². The Bertz CT molecular complexity index is 1140. The number of carboxylic acid groups (broad SMARTS) is 1. The first-order valence-electron chi connectivity index (χ1n) is 12.0. The summed E-state index contributed by atoms with van der Waals surface area (Å²) in [6.07, 6.45) is 0.743. The van der Waals surface area contributed by atoms with Gasteiger partial charge < -0.3 is 25.4 Å². The number of hydrogen-bond acceptors (Lipinski definition) is 6. The molecule has 1 saturated heterocycles. The maximum absolute atomic E-state index is 13.8. The number of aliphatic carboxylic acids is 1. The average molecular weight is 519 g/mol. The smallest absolute Gasteiger partial charge is 0.319 e. The number of piperidine rings is 1. The number of methoxy groups -OCH3 is 1. The third-order valence-electron chi connectivity index (χ3n) is 6.30. The van der Waals surface area contributed by atoms with E-state index in [9.17, 15) is 24.3 Å². The third kappa shape index (κ3) is 6.26. The highest BCUT2D eigenvalue weighted by atomic mass is 32.1. The van der Waals surface area contributed by atoms with Gasteiger partial charge in [-0.2, -0.15) is 0 Å². The Morgan fingerprint density at radius 2 is 1.86 bits per heavy atom. The summed E-state index contributed by atoms with van der Waals surface area (Å²) in [5.41, 5.74) is -0.340. The number of urea groups is 1. The number of nitrogens with one attached hydrogen (secondary N) is 3. The number of rotatable bonds is 9. The van der Waals surface area contributed by atoms with Crippen LogP contribution >= 0.6 is 11.3 Å². The van der Waals surface area contributed by atoms with Gasteiger partial charge in [0.05, 0.1) is 23.8 Å². The van der Waals surface area contributed by atoms with Crippen LogP contribution in [0.1, 0.15) is 56.8 Å². The molecule has 0 atom stereocenters. The van der Waals surface area contributed by atoms with Crippen LogP contribution in [-0.4, -0.2) is 66.6 Å². The Labute approximate surface area is 214 Å². The first-order valence-corrected chi connectivity index (χ1v) is 12.9. The van der Waals surface area contributed by atoms with Gasteiger partial charge in [-0.15, -0.1) is 11.3 Å². The van der Waals surface area contributed by atoms with Crippen molar-refractivity contribution in [1.29, 1.82) is 0 Å². The normalized spacial score (nSPS) is 15.0. The standard InChI is InChI=1S/C25H34N4O6S/c1-5-26-24(34)28-22-20(16-7-6-8-17(35-4)21(16)36-22)23(33)29-11-9-25(10-12-29,14-19(31)32)13-18(30)27-15(2)3/h6-8,15H,5,9-14H2,1-4H3,(H,27,30)(H,31,32)(H2,26,28,34). The van der Waals surface area contributed by atoms with Crippen LogP contribution in [0.25, 0.3) is 10.1 Å². The molecule has 11 heteroatoms. The highest BCUT2D eigenvalue weighted by Crippen LogP contribution is 2.43. The van der Waals surface area contributed by atoms with E-state index in [4.69, 9.17) is 4.74 Å². The molecule has 0 saturated carbocycles. The summed E-state index contributed by atoms with van der Waals surface area (Å²) in [5, 5.41) is 18.9. The number of fused-ring (bicyclic) bond motifs is 1. The minimum absolute atomic E-state index is 0.0410. The van der Waals surface area contributed by atoms with Crippen molar-refractivity contribution in [2.45, 2.75) is 52.5 Å². The lowest BCUT2D eigenvalue weighted by molar-refractivity contribution is -0.141. The van der Waals surface area contributed by atoms with E-state index in [1.54, 1.807) is 31.1 Å². The maximum atomic E-state index is 13.8. The number of hydrogen-bond donors (Lipinski definition) is 4. The number of amides is 4. The fourth-order valence-corrected chi connectivity index (χ4v) is 5.83. The molecule has 0 spiro atoms. The zero-order chi connectivity index (χ0) is 26.5. The lowest BCUT2D eigenvalue weighted by atomic mass is 9.72. The number of thiophene rings is 1. The lowest BCUT2D eigenvalue weighted by Gasteiger charge is -2.41. The van der Waals surface area contributed by atoms with Crippen molar-refractivity contribution in [3.05, 3.63) is 23.8 Å². The predicted molar refractivity (Wildman–Crippen MR) is 139 cm³/mol. The van der Waals surface area contributed by atoms with Gasteiger partial charge in [-0.25, -0.2) is 4.79 Å². The van der Waals surface area contributed by atoms with Crippen molar-refractivity contribution in [1.82, 2.24) is 15.5 Å². The molecule has 1 aliphatic rings. The zero-order valence-corrected chi connectivity index (χ0v) is 21.9. The molecule has 0 bridgehead atoms. The number of carbonyl (C=O) groups excluding carboxylic acids is 3. The van der Waals surface area contributed by atoms with Gasteiger partial charge in [0.2, 0.25) is 5.91 Å². The molecule has 4 N–H and O–H groups in total. The van der Waals surface area contributed by atoms with Crippen LogP contribution < -0.4 is 20.7 Å². The van der Waals surface area contributed by atoms with Gasteiger partial charge in [-0.3, -0.25) is 19.7 Å². The third-order valence-corrected chi connectivity index (χ3v) is 7.44. The van der Waals surface area contributed by atoms with E-state index in [0.717, 1.165) is 4.70 Å². The van der Waals surface area contributed by atoms with Crippen molar-refractivity contribution in [2.24, 2.45) is 5.41 Å². The van der Waals surface area contributed by atoms with Gasteiger partial charge in [0.1, 0.15) is 10.8 Å². The Morgan fingerprint density at radius 1 is 1.17 bits per heavy atom. The second kappa shape index (κ2) is 11.6. The van der Waals surface area contributed by atoms with Crippen molar-refractivity contribution >= 4 is 50.2 Å². The van der Waals surface area contributed by atoms with E-state index in [1.807, 2.05) is 19.9 Å². The molecule has 36 heavy (non-hydrogen) atoms. The Morgan fingerprint density at radius 3 is 2.44 bits per heavy atom. The first kappa shape index (κ1) is 27.3. The van der Waals surface area contributed by atoms with E-state index in [-0.39, 0.29) is 30.7 Å². The SMILES string of the molecule is CCNC(=O)Nc1sc2c(OC)cccc2c1C(=O)N1CCC(CC(=O)O)(CC(=O)NC(C)C)CC1. The van der Waals surface area contributed by atoms with E-state index in [1.165, 1.54) is 11.3 Å². The van der Waals surface area contributed by atoms with E-state index >= 15 is 0 Å². The molecule has 2 heterocycles. The second-order valence-corrected chi connectivity index (χ2v) is 10.4. The number of likely N-dealkylation sites (tertiary alicyclic amines) is 1. The number of carbonyl (C=O) groups is 4. The van der Waals surface area contributed by atoms with Gasteiger partial charge in [0.15, 0.2) is 0 Å². The summed E-state index contributed by atoms with van der Waals surface area (Å²) in [6, 6.07) is 4.96. The molecule has 1 fully saturated rings. The minimum Gasteiger partial charge on any atom is -0.495 e. The van der Waals surface area contributed by atoms with Crippen molar-refractivity contribution in [3.8, 4) is 5.75 Å². The number of carboxylic acids is 1. The summed E-state index contributed by atoms with van der Waals surface area (Å²) in [4.78, 5) is 51.8. The lowest BCUT2D eigenvalue weighted by Crippen LogP contribution is -2.46. The molecule has 196 valence electrons. The van der Waals surface area contributed by atoms with Crippen molar-refractivity contribution < 1.29 is 29.0 Å². The molecule has 0 aliphatic carbocycles. The molecule has 2 aromatic rings. The topological polar surface area (TPSA) is 137 Å². The molecule has 10 nitrogen and oxygen atoms in total. The molecule has 4 amide bonds. The number of anilines is 1. The number of ether oxygens (including phenoxy) is 1. The van der Waals surface area contributed by atoms with Gasteiger partial charge in [-0.1, -0.05) is 12.1 Å². The zero-order valence-electron chi connectivity index (χ0n) is 21.1. The molecule has 0 radical (unpaired) electrons. The van der Waals surface area contributed by atoms with Gasteiger partial charge in [0, 0.05) is 37.5 Å². The Hall–Kier alpha value is -3.34. The molecule has 3 rings (SSSR count). The summed E-state index contributed by atoms with van der Waals surface area (Å²) < 4.78 is 6.21. The van der Waals surface area contributed by atoms with Crippen LogP contribution in [0.15, 0.2) is 18.2 Å². The average Bonchev–Trinajstić information content (AvgIpc) is 3.15. The van der Waals surface area contributed by atoms with Crippen molar-refractivity contribution in [3.63, 3.8) is 0 Å². The Kier molecular flexibility index (Phi) is 8.78. The summed E-state index contributed by atoms with van der Waals surface area (Å²) in [7, 11) is 1.55. The van der Waals surface area contributed by atoms with Gasteiger partial charge >= 0.3 is 12.0 Å². The monoisotopic (exact) mass is 518 g/mol. The first-order chi connectivity index (χ1) is 17.1. The van der Waals surface area contributed by atoms with E-state index in [2.05, 4.69) is 16.0 Å². The van der Waals surface area contributed by atoms with Crippen LogP contribution in [0.5, 0.6) is 5.75 Å². The number of nitrogens with zero attached hydrogens (tertiary/aromatic N) is 1. The molecule has 1 aliphatic heterocycles. The maximum Gasteiger partial charge on any atom is 0.319 e. The molecular formula is C25H34N4O6S. The Balaban J connectivity index is 1.88. The van der Waals surface area contributed by atoms with Crippen LogP contribution in [-0.2, 0) is 9.59 Å². The van der Waals surface area contributed by atoms with E-state index in [0.29, 0.717) is 54.2 Å². The summed E-state index contributed by atoms with van der Waals surface area (Å²) >= 11 is 1.27. The summed E-state index contributed by atoms with van der Waals surface area (Å²) in [6.45, 7) is 6.57. The van der Waals surface area contributed by atoms with Crippen LogP contribution in [0.4, 0.5) is 9.80 Å². The van der Waals surface area contributed by atoms with Gasteiger partial charge in [-0.05, 0) is 45.1 Å². The quantitative estimate of drug-likeness (QED) is 0.400. The number of benzene rings is 1.